The van der Waals surface area contributed by atoms with Crippen LogP contribution in [0.15, 0.2) is 29.8 Å². The molecule has 1 N–H and O–H groups in total. The third kappa shape index (κ3) is 4.30. The van der Waals surface area contributed by atoms with Gasteiger partial charge in [0.1, 0.15) is 0 Å². The Balaban J connectivity index is 1.99. The van der Waals surface area contributed by atoms with Crippen LogP contribution >= 0.6 is 11.6 Å². The Hall–Kier alpha value is -1.36. The maximum absolute atomic E-state index is 12.4. The van der Waals surface area contributed by atoms with Crippen LogP contribution in [0.3, 0.4) is 0 Å². The largest absolute Gasteiger partial charge is 0.395 e. The molecular weight excluding hydrogens is 288 g/mol. The molecule has 4 nitrogen and oxygen atoms in total. The van der Waals surface area contributed by atoms with E-state index in [9.17, 15) is 4.79 Å². The Bertz CT molecular complexity index is 523. The number of rotatable bonds is 4. The number of hydrogen-bond acceptors (Lipinski definition) is 3. The molecule has 0 bridgehead atoms. The van der Waals surface area contributed by atoms with Crippen molar-refractivity contribution in [2.24, 2.45) is 0 Å². The Morgan fingerprint density at radius 3 is 2.57 bits per heavy atom. The molecule has 1 aromatic rings. The van der Waals surface area contributed by atoms with E-state index in [4.69, 9.17) is 16.7 Å². The van der Waals surface area contributed by atoms with E-state index in [1.54, 1.807) is 0 Å². The number of β-amino-alcohol motifs (C(OH)–C–C–N with tert-alkyl or cyclic N) is 1. The number of nitrogens with zero attached hydrogens (tertiary/aromatic N) is 2. The smallest absolute Gasteiger partial charge is 0.249 e. The molecule has 0 aliphatic carbocycles. The molecule has 1 heterocycles. The van der Waals surface area contributed by atoms with Crippen molar-refractivity contribution in [1.82, 2.24) is 9.80 Å². The highest BCUT2D eigenvalue weighted by Crippen LogP contribution is 2.19. The number of aliphatic hydroxyl groups excluding tert-OH is 1. The van der Waals surface area contributed by atoms with E-state index in [-0.39, 0.29) is 12.5 Å². The Morgan fingerprint density at radius 2 is 1.95 bits per heavy atom. The number of halogens is 1. The summed E-state index contributed by atoms with van der Waals surface area (Å²) in [6.07, 6.45) is 1.84. The van der Waals surface area contributed by atoms with Crippen molar-refractivity contribution in [2.45, 2.75) is 6.92 Å². The number of amides is 1. The lowest BCUT2D eigenvalue weighted by Crippen LogP contribution is -2.49. The summed E-state index contributed by atoms with van der Waals surface area (Å²) in [7, 11) is 0. The minimum Gasteiger partial charge on any atom is -0.395 e. The summed E-state index contributed by atoms with van der Waals surface area (Å²) < 4.78 is 0. The first-order valence-electron chi connectivity index (χ1n) is 7.17. The predicted molar refractivity (Wildman–Crippen MR) is 85.2 cm³/mol. The van der Waals surface area contributed by atoms with E-state index in [2.05, 4.69) is 4.90 Å². The van der Waals surface area contributed by atoms with Crippen LogP contribution in [0.1, 0.15) is 12.5 Å². The fraction of sp³-hybridized carbons (Fsp3) is 0.438. The molecule has 1 aliphatic rings. The van der Waals surface area contributed by atoms with Crippen LogP contribution in [-0.2, 0) is 4.79 Å². The van der Waals surface area contributed by atoms with E-state index in [0.29, 0.717) is 30.2 Å². The second kappa shape index (κ2) is 7.59. The van der Waals surface area contributed by atoms with E-state index in [0.717, 1.165) is 18.7 Å². The molecule has 1 saturated heterocycles. The van der Waals surface area contributed by atoms with Crippen molar-refractivity contribution in [3.05, 3.63) is 40.4 Å². The van der Waals surface area contributed by atoms with Crippen molar-refractivity contribution in [1.29, 1.82) is 0 Å². The van der Waals surface area contributed by atoms with Crippen LogP contribution < -0.4 is 0 Å². The highest BCUT2D eigenvalue weighted by molar-refractivity contribution is 6.32. The van der Waals surface area contributed by atoms with Gasteiger partial charge in [0.25, 0.3) is 0 Å². The van der Waals surface area contributed by atoms with Gasteiger partial charge in [-0.05, 0) is 24.6 Å². The summed E-state index contributed by atoms with van der Waals surface area (Å²) in [5.41, 5.74) is 1.56. The lowest BCUT2D eigenvalue weighted by Gasteiger charge is -2.34. The molecule has 0 unspecified atom stereocenters. The number of carbonyl (C=O) groups is 1. The highest BCUT2D eigenvalue weighted by Gasteiger charge is 2.21. The first-order valence-corrected chi connectivity index (χ1v) is 7.55. The number of carbonyl (C=O) groups excluding carboxylic acids is 1. The number of piperazine rings is 1. The summed E-state index contributed by atoms with van der Waals surface area (Å²) in [6.45, 7) is 5.69. The molecule has 2 rings (SSSR count). The first kappa shape index (κ1) is 16.0. The molecule has 21 heavy (non-hydrogen) atoms. The zero-order valence-corrected chi connectivity index (χ0v) is 13.0. The molecule has 0 radical (unpaired) electrons. The summed E-state index contributed by atoms with van der Waals surface area (Å²) in [5.74, 6) is 0.0542. The van der Waals surface area contributed by atoms with Crippen LogP contribution in [0.4, 0.5) is 0 Å². The molecule has 0 atom stereocenters. The molecule has 1 amide bonds. The minimum absolute atomic E-state index is 0.0542. The van der Waals surface area contributed by atoms with Gasteiger partial charge in [0.2, 0.25) is 5.91 Å². The lowest BCUT2D eigenvalue weighted by atomic mass is 10.1. The van der Waals surface area contributed by atoms with Gasteiger partial charge < -0.3 is 10.0 Å². The van der Waals surface area contributed by atoms with Gasteiger partial charge >= 0.3 is 0 Å². The average Bonchev–Trinajstić information content (AvgIpc) is 2.50. The van der Waals surface area contributed by atoms with Crippen molar-refractivity contribution in [3.63, 3.8) is 0 Å². The summed E-state index contributed by atoms with van der Waals surface area (Å²) in [5, 5.41) is 9.58. The quantitative estimate of drug-likeness (QED) is 0.864. The van der Waals surface area contributed by atoms with Crippen LogP contribution in [0.2, 0.25) is 5.02 Å². The molecule has 5 heteroatoms. The van der Waals surface area contributed by atoms with E-state index in [1.165, 1.54) is 0 Å². The van der Waals surface area contributed by atoms with Gasteiger partial charge in [0, 0.05) is 43.3 Å². The van der Waals surface area contributed by atoms with Crippen molar-refractivity contribution < 1.29 is 9.90 Å². The zero-order valence-electron chi connectivity index (χ0n) is 12.3. The van der Waals surface area contributed by atoms with E-state index < -0.39 is 0 Å². The minimum atomic E-state index is 0.0542. The normalized spacial score (nSPS) is 17.1. The fourth-order valence-electron chi connectivity index (χ4n) is 2.45. The zero-order chi connectivity index (χ0) is 15.2. The SMILES string of the molecule is C/C(=C/c1ccccc1Cl)C(=O)N1CCN(CCO)CC1. The maximum atomic E-state index is 12.4. The predicted octanol–water partition coefficient (Wildman–Crippen LogP) is 1.88. The monoisotopic (exact) mass is 308 g/mol. The number of benzene rings is 1. The van der Waals surface area contributed by atoms with Gasteiger partial charge in [-0.25, -0.2) is 0 Å². The van der Waals surface area contributed by atoms with Gasteiger partial charge in [-0.15, -0.1) is 0 Å². The van der Waals surface area contributed by atoms with Gasteiger partial charge in [0.15, 0.2) is 0 Å². The second-order valence-electron chi connectivity index (χ2n) is 5.21. The lowest BCUT2D eigenvalue weighted by molar-refractivity contribution is -0.128. The maximum Gasteiger partial charge on any atom is 0.249 e. The third-order valence-corrected chi connectivity index (χ3v) is 4.03. The Morgan fingerprint density at radius 1 is 1.29 bits per heavy atom. The molecule has 1 fully saturated rings. The van der Waals surface area contributed by atoms with Gasteiger partial charge in [-0.2, -0.15) is 0 Å². The molecule has 1 aliphatic heterocycles. The second-order valence-corrected chi connectivity index (χ2v) is 5.61. The highest BCUT2D eigenvalue weighted by atomic mass is 35.5. The van der Waals surface area contributed by atoms with Gasteiger partial charge in [-0.1, -0.05) is 29.8 Å². The average molecular weight is 309 g/mol. The van der Waals surface area contributed by atoms with Crippen molar-refractivity contribution in [2.75, 3.05) is 39.3 Å². The van der Waals surface area contributed by atoms with Crippen LogP contribution in [0.5, 0.6) is 0 Å². The summed E-state index contributed by atoms with van der Waals surface area (Å²) in [6, 6.07) is 7.50. The topological polar surface area (TPSA) is 43.8 Å². The van der Waals surface area contributed by atoms with E-state index in [1.807, 2.05) is 42.2 Å². The van der Waals surface area contributed by atoms with Gasteiger partial charge in [0.05, 0.1) is 6.61 Å². The molecule has 0 aromatic heterocycles. The van der Waals surface area contributed by atoms with Gasteiger partial charge in [-0.3, -0.25) is 9.69 Å². The fourth-order valence-corrected chi connectivity index (χ4v) is 2.64. The molecule has 114 valence electrons. The standard InChI is InChI=1S/C16H21ClN2O2/c1-13(12-14-4-2-3-5-15(14)17)16(21)19-8-6-18(7-9-19)10-11-20/h2-5,12,20H,6-11H2,1H3/b13-12-. The number of hydrogen-bond donors (Lipinski definition) is 1. The van der Waals surface area contributed by atoms with Crippen LogP contribution in [0, 0.1) is 0 Å². The van der Waals surface area contributed by atoms with E-state index >= 15 is 0 Å². The van der Waals surface area contributed by atoms with Crippen molar-refractivity contribution >= 4 is 23.6 Å². The molecule has 0 spiro atoms. The Kier molecular flexibility index (Phi) is 5.79. The third-order valence-electron chi connectivity index (χ3n) is 3.69. The molecular formula is C16H21ClN2O2. The molecule has 1 aromatic carbocycles. The number of aliphatic hydroxyl groups is 1. The summed E-state index contributed by atoms with van der Waals surface area (Å²) in [4.78, 5) is 16.4. The first-order chi connectivity index (χ1) is 10.1. The van der Waals surface area contributed by atoms with Crippen LogP contribution in [-0.4, -0.2) is 60.1 Å². The van der Waals surface area contributed by atoms with Crippen LogP contribution in [0.25, 0.3) is 6.08 Å². The Labute approximate surface area is 130 Å². The summed E-state index contributed by atoms with van der Waals surface area (Å²) >= 11 is 6.11. The molecule has 0 saturated carbocycles. The van der Waals surface area contributed by atoms with Crippen molar-refractivity contribution in [3.8, 4) is 0 Å².